The highest BCUT2D eigenvalue weighted by atomic mass is 32.2. The van der Waals surface area contributed by atoms with Crippen LogP contribution >= 0.6 is 0 Å². The second-order valence-corrected chi connectivity index (χ2v) is 8.09. The third-order valence-corrected chi connectivity index (χ3v) is 5.09. The van der Waals surface area contributed by atoms with E-state index in [0.717, 1.165) is 17.7 Å². The Morgan fingerprint density at radius 2 is 1.44 bits per heavy atom. The molecule has 0 fully saturated rings. The fourth-order valence-electron chi connectivity index (χ4n) is 1.98. The molecule has 9 nitrogen and oxygen atoms in total. The summed E-state index contributed by atoms with van der Waals surface area (Å²) >= 11 is 0. The van der Waals surface area contributed by atoms with Gasteiger partial charge < -0.3 is 5.73 Å². The maximum Gasteiger partial charge on any atom is 0.296 e. The normalized spacial score (nSPS) is 12.6. The minimum absolute atomic E-state index is 0.288. The Morgan fingerprint density at radius 3 is 2.00 bits per heavy atom. The van der Waals surface area contributed by atoms with Gasteiger partial charge in [-0.2, -0.15) is 21.9 Å². The van der Waals surface area contributed by atoms with E-state index in [1.54, 1.807) is 26.0 Å². The lowest BCUT2D eigenvalue weighted by Gasteiger charge is -2.06. The Morgan fingerprint density at radius 1 is 0.840 bits per heavy atom. The van der Waals surface area contributed by atoms with Crippen LogP contribution in [0.25, 0.3) is 0 Å². The molecule has 0 unspecified atom stereocenters. The standard InChI is InChI=1S/C14H15N3O6S2/c1-8-6-13(9(2)5-11(8)15)17-16-12-4-3-10(24(18,19)20)7-14(12)25(21,22)23/h3-7H,15H2,1-2H3,(H,18,19,20)(H,21,22,23)/b17-16+. The van der Waals surface area contributed by atoms with E-state index >= 15 is 0 Å². The first kappa shape index (κ1) is 19.0. The minimum Gasteiger partial charge on any atom is -0.399 e. The lowest BCUT2D eigenvalue weighted by molar-refractivity contribution is 0.481. The number of nitrogens with two attached hydrogens (primary N) is 1. The fraction of sp³-hybridized carbons (Fsp3) is 0.143. The van der Waals surface area contributed by atoms with Gasteiger partial charge in [0.2, 0.25) is 0 Å². The van der Waals surface area contributed by atoms with Crippen molar-refractivity contribution in [2.45, 2.75) is 23.6 Å². The number of nitrogens with zero attached hydrogens (tertiary/aromatic N) is 2. The molecule has 0 radical (unpaired) electrons. The van der Waals surface area contributed by atoms with Crippen molar-refractivity contribution < 1.29 is 25.9 Å². The third-order valence-electron chi connectivity index (χ3n) is 3.36. The minimum atomic E-state index is -4.79. The van der Waals surface area contributed by atoms with Crippen LogP contribution in [0.4, 0.5) is 17.1 Å². The maximum absolute atomic E-state index is 11.5. The van der Waals surface area contributed by atoms with Crippen LogP contribution in [0.15, 0.2) is 50.4 Å². The van der Waals surface area contributed by atoms with E-state index in [9.17, 15) is 21.4 Å². The van der Waals surface area contributed by atoms with Crippen LogP contribution in [-0.4, -0.2) is 25.9 Å². The van der Waals surface area contributed by atoms with Crippen molar-refractivity contribution in [1.29, 1.82) is 0 Å². The summed E-state index contributed by atoms with van der Waals surface area (Å²) in [5.74, 6) is 0. The quantitative estimate of drug-likeness (QED) is 0.414. The van der Waals surface area contributed by atoms with Crippen LogP contribution in [0.5, 0.6) is 0 Å². The topological polar surface area (TPSA) is 159 Å². The number of nitrogen functional groups attached to an aromatic ring is 1. The lowest BCUT2D eigenvalue weighted by atomic mass is 10.1. The molecule has 2 aromatic rings. The van der Waals surface area contributed by atoms with E-state index in [4.69, 9.17) is 10.3 Å². The summed E-state index contributed by atoms with van der Waals surface area (Å²) in [5.41, 5.74) is 7.90. The van der Waals surface area contributed by atoms with Crippen LogP contribution in [0.3, 0.4) is 0 Å². The second kappa shape index (κ2) is 6.52. The molecular formula is C14H15N3O6S2. The zero-order valence-electron chi connectivity index (χ0n) is 13.2. The van der Waals surface area contributed by atoms with Gasteiger partial charge in [0.05, 0.1) is 10.6 Å². The summed E-state index contributed by atoms with van der Waals surface area (Å²) < 4.78 is 63.5. The average Bonchev–Trinajstić information content (AvgIpc) is 2.47. The molecule has 0 aliphatic rings. The molecule has 0 aromatic heterocycles. The molecule has 2 rings (SSSR count). The van der Waals surface area contributed by atoms with Crippen LogP contribution in [0.2, 0.25) is 0 Å². The van der Waals surface area contributed by atoms with Gasteiger partial charge in [0.15, 0.2) is 0 Å². The molecule has 0 amide bonds. The number of aryl methyl sites for hydroxylation is 2. The predicted octanol–water partition coefficient (Wildman–Crippen LogP) is 2.79. The van der Waals surface area contributed by atoms with Crippen molar-refractivity contribution >= 4 is 37.3 Å². The van der Waals surface area contributed by atoms with Crippen LogP contribution < -0.4 is 5.73 Å². The predicted molar refractivity (Wildman–Crippen MR) is 90.6 cm³/mol. The summed E-state index contributed by atoms with van der Waals surface area (Å²) in [5, 5.41) is 7.69. The van der Waals surface area contributed by atoms with Gasteiger partial charge in [-0.05, 0) is 55.3 Å². The zero-order chi connectivity index (χ0) is 19.0. The number of azo groups is 1. The molecule has 11 heteroatoms. The van der Waals surface area contributed by atoms with E-state index in [2.05, 4.69) is 10.2 Å². The van der Waals surface area contributed by atoms with Crippen molar-refractivity contribution in [3.05, 3.63) is 41.5 Å². The fourth-order valence-corrected chi connectivity index (χ4v) is 3.21. The number of rotatable bonds is 4. The van der Waals surface area contributed by atoms with E-state index in [-0.39, 0.29) is 5.69 Å². The number of hydrogen-bond acceptors (Lipinski definition) is 7. The third kappa shape index (κ3) is 4.39. The number of hydrogen-bond donors (Lipinski definition) is 3. The zero-order valence-corrected chi connectivity index (χ0v) is 14.8. The second-order valence-electron chi connectivity index (χ2n) is 5.27. The van der Waals surface area contributed by atoms with Crippen molar-refractivity contribution in [1.82, 2.24) is 0 Å². The van der Waals surface area contributed by atoms with E-state index in [1.165, 1.54) is 0 Å². The molecule has 0 aliphatic heterocycles. The molecule has 0 heterocycles. The molecule has 4 N–H and O–H groups in total. The largest absolute Gasteiger partial charge is 0.399 e. The van der Waals surface area contributed by atoms with Crippen molar-refractivity contribution in [2.75, 3.05) is 5.73 Å². The lowest BCUT2D eigenvalue weighted by Crippen LogP contribution is -2.03. The molecular weight excluding hydrogens is 370 g/mol. The van der Waals surface area contributed by atoms with E-state index < -0.39 is 30.0 Å². The van der Waals surface area contributed by atoms with Crippen LogP contribution in [0.1, 0.15) is 11.1 Å². The van der Waals surface area contributed by atoms with Gasteiger partial charge in [0.25, 0.3) is 20.2 Å². The Balaban J connectivity index is 2.59. The Kier molecular flexibility index (Phi) is 4.95. The molecule has 0 atom stereocenters. The first-order valence-electron chi connectivity index (χ1n) is 6.77. The van der Waals surface area contributed by atoms with Gasteiger partial charge in [0.1, 0.15) is 10.6 Å². The number of benzene rings is 2. The highest BCUT2D eigenvalue weighted by Crippen LogP contribution is 2.31. The van der Waals surface area contributed by atoms with E-state index in [1.807, 2.05) is 0 Å². The maximum atomic E-state index is 11.5. The summed E-state index contributed by atoms with van der Waals surface area (Å²) in [7, 11) is -9.44. The molecule has 25 heavy (non-hydrogen) atoms. The Labute approximate surface area is 144 Å². The van der Waals surface area contributed by atoms with Crippen molar-refractivity contribution in [3.8, 4) is 0 Å². The van der Waals surface area contributed by atoms with Crippen LogP contribution in [-0.2, 0) is 20.2 Å². The summed E-state index contributed by atoms with van der Waals surface area (Å²) in [6.07, 6.45) is 0. The van der Waals surface area contributed by atoms with Crippen LogP contribution in [0, 0.1) is 13.8 Å². The molecule has 0 spiro atoms. The number of anilines is 1. The monoisotopic (exact) mass is 385 g/mol. The first-order valence-corrected chi connectivity index (χ1v) is 9.65. The summed E-state index contributed by atoms with van der Waals surface area (Å²) in [4.78, 5) is -1.49. The summed E-state index contributed by atoms with van der Waals surface area (Å²) in [6.45, 7) is 3.49. The molecule has 0 saturated heterocycles. The van der Waals surface area contributed by atoms with Crippen molar-refractivity contribution in [3.63, 3.8) is 0 Å². The highest BCUT2D eigenvalue weighted by Gasteiger charge is 2.20. The first-order chi connectivity index (χ1) is 11.4. The highest BCUT2D eigenvalue weighted by molar-refractivity contribution is 7.86. The summed E-state index contributed by atoms with van der Waals surface area (Å²) in [6, 6.07) is 5.87. The molecule has 134 valence electrons. The van der Waals surface area contributed by atoms with Gasteiger partial charge in [-0.25, -0.2) is 0 Å². The Hall–Kier alpha value is -2.34. The van der Waals surface area contributed by atoms with Gasteiger partial charge in [-0.3, -0.25) is 9.11 Å². The molecule has 0 aliphatic carbocycles. The van der Waals surface area contributed by atoms with E-state index in [0.29, 0.717) is 23.0 Å². The molecule has 2 aromatic carbocycles. The van der Waals surface area contributed by atoms with Gasteiger partial charge in [-0.15, -0.1) is 5.11 Å². The van der Waals surface area contributed by atoms with Gasteiger partial charge in [-0.1, -0.05) is 0 Å². The molecule has 0 bridgehead atoms. The van der Waals surface area contributed by atoms with Gasteiger partial charge >= 0.3 is 0 Å². The Bertz CT molecular complexity index is 1080. The SMILES string of the molecule is Cc1cc(/N=N/c2ccc(S(=O)(=O)O)cc2S(=O)(=O)O)c(C)cc1N. The molecule has 0 saturated carbocycles. The smallest absolute Gasteiger partial charge is 0.296 e. The average molecular weight is 385 g/mol. The van der Waals surface area contributed by atoms with Gasteiger partial charge in [0, 0.05) is 5.69 Å². The van der Waals surface area contributed by atoms with Crippen molar-refractivity contribution in [2.24, 2.45) is 10.2 Å².